The van der Waals surface area contributed by atoms with Crippen molar-refractivity contribution in [2.75, 3.05) is 14.1 Å². The summed E-state index contributed by atoms with van der Waals surface area (Å²) in [6.45, 7) is 9.19. The van der Waals surface area contributed by atoms with Crippen molar-refractivity contribution in [1.29, 1.82) is 0 Å². The second-order valence-electron chi connectivity index (χ2n) is 6.34. The number of nitrogens with zero attached hydrogens (tertiary/aromatic N) is 1. The Morgan fingerprint density at radius 2 is 1.75 bits per heavy atom. The summed E-state index contributed by atoms with van der Waals surface area (Å²) < 4.78 is 0. The molecule has 1 aliphatic carbocycles. The molecule has 0 heterocycles. The van der Waals surface area contributed by atoms with Gasteiger partial charge in [-0.05, 0) is 19.7 Å². The lowest BCUT2D eigenvalue weighted by Gasteiger charge is -2.42. The van der Waals surface area contributed by atoms with Gasteiger partial charge in [0.1, 0.15) is 0 Å². The lowest BCUT2D eigenvalue weighted by atomic mass is 9.97. The number of hydrogen-bond donors (Lipinski definition) is 0. The van der Waals surface area contributed by atoms with Gasteiger partial charge in [0.25, 0.3) is 0 Å². The highest BCUT2D eigenvalue weighted by molar-refractivity contribution is 6.91. The van der Waals surface area contributed by atoms with Crippen LogP contribution in [0.4, 0.5) is 0 Å². The monoisotopic (exact) mass is 284 g/mol. The molecule has 0 radical (unpaired) electrons. The molecule has 1 aromatic rings. The highest BCUT2D eigenvalue weighted by Gasteiger charge is 2.40. The topological polar surface area (TPSA) is 3.24 Å². The Hall–Kier alpha value is -1.38. The first-order valence-electron chi connectivity index (χ1n) is 7.20. The first kappa shape index (κ1) is 15.0. The van der Waals surface area contributed by atoms with Gasteiger partial charge in [0.05, 0.1) is 8.07 Å². The molecule has 0 fully saturated rings. The SMILES string of the molecule is CN(C)C(C1C=CC=CC1=[13CH2])[Si](C)(C)c1ccccc1. The van der Waals surface area contributed by atoms with Crippen molar-refractivity contribution in [2.24, 2.45) is 5.92 Å². The normalized spacial score (nSPS) is 20.4. The molecule has 1 aliphatic rings. The Labute approximate surface area is 124 Å². The van der Waals surface area contributed by atoms with Gasteiger partial charge in [-0.1, -0.05) is 79.5 Å². The van der Waals surface area contributed by atoms with E-state index in [2.05, 4.69) is 93.3 Å². The van der Waals surface area contributed by atoms with Crippen LogP contribution in [0.5, 0.6) is 0 Å². The zero-order valence-corrected chi connectivity index (χ0v) is 14.0. The van der Waals surface area contributed by atoms with Crippen molar-refractivity contribution in [3.8, 4) is 0 Å². The first-order valence-corrected chi connectivity index (χ1v) is 10.3. The molecule has 0 N–H and O–H groups in total. The molecule has 0 aliphatic heterocycles. The van der Waals surface area contributed by atoms with Crippen molar-refractivity contribution < 1.29 is 0 Å². The first-order chi connectivity index (χ1) is 9.44. The summed E-state index contributed by atoms with van der Waals surface area (Å²) in [4.78, 5) is 2.39. The van der Waals surface area contributed by atoms with Crippen LogP contribution in [0.15, 0.2) is 66.8 Å². The van der Waals surface area contributed by atoms with Crippen LogP contribution >= 0.6 is 0 Å². The van der Waals surface area contributed by atoms with E-state index in [1.807, 2.05) is 0 Å². The van der Waals surface area contributed by atoms with Crippen LogP contribution in [0.3, 0.4) is 0 Å². The molecule has 0 spiro atoms. The predicted molar refractivity (Wildman–Crippen MR) is 91.9 cm³/mol. The molecular formula is C18H25NSi. The molecule has 0 saturated heterocycles. The minimum Gasteiger partial charge on any atom is -0.308 e. The fourth-order valence-corrected chi connectivity index (χ4v) is 7.27. The zero-order valence-electron chi connectivity index (χ0n) is 13.0. The highest BCUT2D eigenvalue weighted by Crippen LogP contribution is 2.29. The van der Waals surface area contributed by atoms with Crippen molar-refractivity contribution in [3.05, 3.63) is 66.8 Å². The summed E-state index contributed by atoms with van der Waals surface area (Å²) in [5.74, 6) is 0.414. The third-order valence-electron chi connectivity index (χ3n) is 4.32. The minimum absolute atomic E-state index is 0.414. The number of allylic oxidation sites excluding steroid dienone is 3. The smallest absolute Gasteiger partial charge is 0.0998 e. The molecule has 106 valence electrons. The quantitative estimate of drug-likeness (QED) is 0.605. The fourth-order valence-electron chi connectivity index (χ4n) is 3.36. The van der Waals surface area contributed by atoms with E-state index in [1.165, 1.54) is 10.8 Å². The average Bonchev–Trinajstić information content (AvgIpc) is 2.42. The molecule has 20 heavy (non-hydrogen) atoms. The molecule has 2 heteroatoms. The van der Waals surface area contributed by atoms with Crippen molar-refractivity contribution in [2.45, 2.75) is 18.8 Å². The van der Waals surface area contributed by atoms with Gasteiger partial charge in [-0.2, -0.15) is 0 Å². The maximum atomic E-state index is 4.26. The Bertz CT molecular complexity index is 526. The van der Waals surface area contributed by atoms with Gasteiger partial charge in [0.15, 0.2) is 0 Å². The van der Waals surface area contributed by atoms with Crippen LogP contribution in [-0.2, 0) is 0 Å². The van der Waals surface area contributed by atoms with Crippen molar-refractivity contribution in [1.82, 2.24) is 4.90 Å². The standard InChI is InChI=1S/C18H25NSi/c1-15-11-9-10-14-17(15)18(19(2)3)20(4,5)16-12-7-6-8-13-16/h6-14,17-18H,1H2,2-5H3/i1+1. The molecule has 0 bridgehead atoms. The minimum atomic E-state index is -1.62. The molecule has 1 aromatic carbocycles. The largest absolute Gasteiger partial charge is 0.308 e. The van der Waals surface area contributed by atoms with Gasteiger partial charge in [-0.15, -0.1) is 0 Å². The Kier molecular flexibility index (Phi) is 4.46. The molecule has 2 unspecified atom stereocenters. The molecule has 0 aromatic heterocycles. The van der Waals surface area contributed by atoms with Gasteiger partial charge < -0.3 is 4.90 Å². The number of benzene rings is 1. The van der Waals surface area contributed by atoms with Crippen molar-refractivity contribution >= 4 is 13.3 Å². The third kappa shape index (κ3) is 2.86. The van der Waals surface area contributed by atoms with Gasteiger partial charge in [0.2, 0.25) is 0 Å². The lowest BCUT2D eigenvalue weighted by molar-refractivity contribution is 0.328. The number of hydrogen-bond acceptors (Lipinski definition) is 1. The zero-order chi connectivity index (χ0) is 14.8. The van der Waals surface area contributed by atoms with E-state index in [0.717, 1.165) is 0 Å². The van der Waals surface area contributed by atoms with E-state index in [-0.39, 0.29) is 0 Å². The average molecular weight is 284 g/mol. The van der Waals surface area contributed by atoms with Gasteiger partial charge >= 0.3 is 0 Å². The highest BCUT2D eigenvalue weighted by atomic mass is 28.3. The Morgan fingerprint density at radius 1 is 1.10 bits per heavy atom. The van der Waals surface area contributed by atoms with Gasteiger partial charge in [-0.3, -0.25) is 0 Å². The van der Waals surface area contributed by atoms with Crippen LogP contribution in [-0.4, -0.2) is 32.7 Å². The maximum Gasteiger partial charge on any atom is 0.0998 e. The maximum absolute atomic E-state index is 4.26. The fraction of sp³-hybridized carbons (Fsp3) is 0.333. The third-order valence-corrected chi connectivity index (χ3v) is 8.50. The number of rotatable bonds is 4. The predicted octanol–water partition coefficient (Wildman–Crippen LogP) is 3.37. The summed E-state index contributed by atoms with van der Waals surface area (Å²) in [5.41, 5.74) is 1.74. The summed E-state index contributed by atoms with van der Waals surface area (Å²) >= 11 is 0. The van der Waals surface area contributed by atoms with E-state index in [1.54, 1.807) is 0 Å². The van der Waals surface area contributed by atoms with E-state index in [0.29, 0.717) is 11.6 Å². The van der Waals surface area contributed by atoms with Crippen molar-refractivity contribution in [3.63, 3.8) is 0 Å². The van der Waals surface area contributed by atoms with Crippen LogP contribution in [0, 0.1) is 5.92 Å². The van der Waals surface area contributed by atoms with Crippen LogP contribution in [0.2, 0.25) is 13.1 Å². The van der Waals surface area contributed by atoms with Crippen LogP contribution < -0.4 is 5.19 Å². The van der Waals surface area contributed by atoms with E-state index in [9.17, 15) is 0 Å². The summed E-state index contributed by atoms with van der Waals surface area (Å²) in [7, 11) is 2.77. The summed E-state index contributed by atoms with van der Waals surface area (Å²) in [6.07, 6.45) is 8.70. The molecular weight excluding hydrogens is 259 g/mol. The van der Waals surface area contributed by atoms with E-state index >= 15 is 0 Å². The second-order valence-corrected chi connectivity index (χ2v) is 11.0. The Morgan fingerprint density at radius 3 is 2.30 bits per heavy atom. The Balaban J connectivity index is 2.41. The van der Waals surface area contributed by atoms with Gasteiger partial charge in [0, 0.05) is 11.6 Å². The molecule has 2 rings (SSSR count). The van der Waals surface area contributed by atoms with E-state index < -0.39 is 8.07 Å². The molecule has 1 nitrogen and oxygen atoms in total. The molecule has 0 amide bonds. The molecule has 2 atom stereocenters. The summed E-state index contributed by atoms with van der Waals surface area (Å²) in [6, 6.07) is 11.0. The second kappa shape index (κ2) is 5.94. The van der Waals surface area contributed by atoms with Crippen LogP contribution in [0.25, 0.3) is 0 Å². The lowest BCUT2D eigenvalue weighted by Crippen LogP contribution is -2.61. The van der Waals surface area contributed by atoms with E-state index in [4.69, 9.17) is 0 Å². The van der Waals surface area contributed by atoms with Gasteiger partial charge in [-0.25, -0.2) is 0 Å². The molecule has 0 saturated carbocycles. The summed E-state index contributed by atoms with van der Waals surface area (Å²) in [5, 5.41) is 1.51. The van der Waals surface area contributed by atoms with Crippen LogP contribution in [0.1, 0.15) is 0 Å².